The molecule has 1 aliphatic rings. The Labute approximate surface area is 111 Å². The molecule has 1 aromatic rings. The highest BCUT2D eigenvalue weighted by molar-refractivity contribution is 5.41. The van der Waals surface area contributed by atoms with Crippen molar-refractivity contribution in [2.45, 2.75) is 58.5 Å². The molecule has 0 spiro atoms. The van der Waals surface area contributed by atoms with Gasteiger partial charge < -0.3 is 5.11 Å². The summed E-state index contributed by atoms with van der Waals surface area (Å²) in [5.41, 5.74) is 5.45. The fourth-order valence-corrected chi connectivity index (χ4v) is 3.02. The molecule has 18 heavy (non-hydrogen) atoms. The van der Waals surface area contributed by atoms with Crippen LogP contribution in [0.5, 0.6) is 0 Å². The van der Waals surface area contributed by atoms with Gasteiger partial charge in [0.2, 0.25) is 0 Å². The van der Waals surface area contributed by atoms with E-state index in [0.717, 1.165) is 12.0 Å². The van der Waals surface area contributed by atoms with Gasteiger partial charge in [0.15, 0.2) is 0 Å². The lowest BCUT2D eigenvalue weighted by molar-refractivity contribution is 0.280. The maximum atomic E-state index is 9.36. The van der Waals surface area contributed by atoms with Crippen molar-refractivity contribution in [1.82, 2.24) is 0 Å². The zero-order valence-corrected chi connectivity index (χ0v) is 11.8. The van der Waals surface area contributed by atoms with Gasteiger partial charge in [0.25, 0.3) is 0 Å². The second kappa shape index (κ2) is 5.27. The highest BCUT2D eigenvalue weighted by Gasteiger charge is 2.30. The van der Waals surface area contributed by atoms with E-state index in [1.54, 1.807) is 0 Å². The molecule has 1 heteroatoms. The number of hydrogen-bond acceptors (Lipinski definition) is 1. The van der Waals surface area contributed by atoms with E-state index in [2.05, 4.69) is 45.0 Å². The van der Waals surface area contributed by atoms with Crippen molar-refractivity contribution in [1.29, 1.82) is 0 Å². The van der Waals surface area contributed by atoms with Crippen LogP contribution in [0.25, 0.3) is 0 Å². The molecule has 0 saturated heterocycles. The third-order valence-electron chi connectivity index (χ3n) is 4.60. The van der Waals surface area contributed by atoms with Crippen molar-refractivity contribution >= 4 is 0 Å². The van der Waals surface area contributed by atoms with Gasteiger partial charge in [-0.1, -0.05) is 43.7 Å². The van der Waals surface area contributed by atoms with E-state index in [0.29, 0.717) is 0 Å². The maximum absolute atomic E-state index is 9.36. The van der Waals surface area contributed by atoms with E-state index in [1.807, 2.05) is 0 Å². The molecule has 0 bridgehead atoms. The first kappa shape index (κ1) is 13.4. The van der Waals surface area contributed by atoms with Gasteiger partial charge in [0, 0.05) is 5.41 Å². The van der Waals surface area contributed by atoms with E-state index in [9.17, 15) is 5.11 Å². The molecule has 1 aliphatic carbocycles. The fourth-order valence-electron chi connectivity index (χ4n) is 3.02. The molecular formula is C17H24O. The topological polar surface area (TPSA) is 20.2 Å². The summed E-state index contributed by atoms with van der Waals surface area (Å²) in [4.78, 5) is 0. The number of aryl methyl sites for hydroxylation is 1. The molecule has 0 fully saturated rings. The Hall–Kier alpha value is -1.08. The van der Waals surface area contributed by atoms with Crippen molar-refractivity contribution in [3.63, 3.8) is 0 Å². The Morgan fingerprint density at radius 2 is 2.06 bits per heavy atom. The molecule has 0 saturated carbocycles. The zero-order valence-electron chi connectivity index (χ0n) is 11.8. The van der Waals surface area contributed by atoms with E-state index in [4.69, 9.17) is 0 Å². The first-order valence-corrected chi connectivity index (χ1v) is 7.02. The summed E-state index contributed by atoms with van der Waals surface area (Å²) in [5, 5.41) is 9.36. The predicted octanol–water partition coefficient (Wildman–Crippen LogP) is 4.13. The largest absolute Gasteiger partial charge is 0.392 e. The summed E-state index contributed by atoms with van der Waals surface area (Å²) in [5.74, 6) is 0. The first-order chi connectivity index (χ1) is 8.61. The third kappa shape index (κ3) is 2.24. The van der Waals surface area contributed by atoms with Crippen LogP contribution in [0.2, 0.25) is 0 Å². The second-order valence-electron chi connectivity index (χ2n) is 5.61. The standard InChI is InChI=1S/C17H24O/c1-4-14-11-16(9-8-15(14)12-18)17(3)10-6-5-7-13(17)2/h7-9,11,18H,4-6,10,12H2,1-3H3/t17-/m0/s1. The van der Waals surface area contributed by atoms with Gasteiger partial charge in [-0.05, 0) is 49.3 Å². The molecule has 1 N–H and O–H groups in total. The van der Waals surface area contributed by atoms with Crippen LogP contribution >= 0.6 is 0 Å². The Morgan fingerprint density at radius 3 is 2.67 bits per heavy atom. The molecule has 1 atom stereocenters. The van der Waals surface area contributed by atoms with E-state index >= 15 is 0 Å². The SMILES string of the molecule is CCc1cc([C@@]2(C)CCCC=C2C)ccc1CO. The van der Waals surface area contributed by atoms with Crippen molar-refractivity contribution < 1.29 is 5.11 Å². The maximum Gasteiger partial charge on any atom is 0.0684 e. The molecule has 2 rings (SSSR count). The molecule has 1 nitrogen and oxygen atoms in total. The highest BCUT2D eigenvalue weighted by atomic mass is 16.3. The van der Waals surface area contributed by atoms with E-state index in [-0.39, 0.29) is 12.0 Å². The Morgan fingerprint density at radius 1 is 1.28 bits per heavy atom. The minimum absolute atomic E-state index is 0.148. The van der Waals surface area contributed by atoms with Crippen LogP contribution in [0.3, 0.4) is 0 Å². The third-order valence-corrected chi connectivity index (χ3v) is 4.60. The van der Waals surface area contributed by atoms with Crippen molar-refractivity contribution in [3.8, 4) is 0 Å². The van der Waals surface area contributed by atoms with Crippen LogP contribution in [0.15, 0.2) is 29.8 Å². The van der Waals surface area contributed by atoms with Gasteiger partial charge in [-0.2, -0.15) is 0 Å². The van der Waals surface area contributed by atoms with Crippen molar-refractivity contribution in [2.24, 2.45) is 0 Å². The summed E-state index contributed by atoms with van der Waals surface area (Å²) in [7, 11) is 0. The van der Waals surface area contributed by atoms with Gasteiger partial charge in [-0.3, -0.25) is 0 Å². The molecule has 0 radical (unpaired) electrons. The minimum atomic E-state index is 0.148. The zero-order chi connectivity index (χ0) is 13.2. The molecule has 1 aromatic carbocycles. The van der Waals surface area contributed by atoms with Crippen molar-refractivity contribution in [3.05, 3.63) is 46.5 Å². The Balaban J connectivity index is 2.45. The average molecular weight is 244 g/mol. The smallest absolute Gasteiger partial charge is 0.0684 e. The van der Waals surface area contributed by atoms with Crippen LogP contribution in [0.4, 0.5) is 0 Å². The number of aliphatic hydroxyl groups is 1. The van der Waals surface area contributed by atoms with Crippen LogP contribution in [-0.2, 0) is 18.4 Å². The number of hydrogen-bond donors (Lipinski definition) is 1. The summed E-state index contributed by atoms with van der Waals surface area (Å²) in [6, 6.07) is 6.60. The van der Waals surface area contributed by atoms with Crippen LogP contribution in [-0.4, -0.2) is 5.11 Å². The fraction of sp³-hybridized carbons (Fsp3) is 0.529. The lowest BCUT2D eigenvalue weighted by Crippen LogP contribution is -2.26. The van der Waals surface area contributed by atoms with Crippen LogP contribution in [0.1, 0.15) is 56.7 Å². The molecular weight excluding hydrogens is 220 g/mol. The monoisotopic (exact) mass is 244 g/mol. The normalized spacial score (nSPS) is 23.9. The number of rotatable bonds is 3. The highest BCUT2D eigenvalue weighted by Crippen LogP contribution is 2.40. The Bertz CT molecular complexity index is 459. The summed E-state index contributed by atoms with van der Waals surface area (Å²) < 4.78 is 0. The quantitative estimate of drug-likeness (QED) is 0.793. The average Bonchev–Trinajstić information content (AvgIpc) is 2.41. The number of benzene rings is 1. The van der Waals surface area contributed by atoms with Gasteiger partial charge >= 0.3 is 0 Å². The minimum Gasteiger partial charge on any atom is -0.392 e. The number of aliphatic hydroxyl groups excluding tert-OH is 1. The van der Waals surface area contributed by atoms with Crippen molar-refractivity contribution in [2.75, 3.05) is 0 Å². The predicted molar refractivity (Wildman–Crippen MR) is 76.7 cm³/mol. The summed E-state index contributed by atoms with van der Waals surface area (Å²) in [6.07, 6.45) is 7.10. The van der Waals surface area contributed by atoms with Gasteiger partial charge in [-0.25, -0.2) is 0 Å². The molecule has 0 heterocycles. The van der Waals surface area contributed by atoms with Gasteiger partial charge in [0.1, 0.15) is 0 Å². The summed E-state index contributed by atoms with van der Waals surface area (Å²) in [6.45, 7) is 6.91. The lowest BCUT2D eigenvalue weighted by atomic mass is 9.69. The molecule has 0 amide bonds. The lowest BCUT2D eigenvalue weighted by Gasteiger charge is -2.35. The number of allylic oxidation sites excluding steroid dienone is 2. The Kier molecular flexibility index (Phi) is 3.91. The molecule has 0 aromatic heterocycles. The van der Waals surface area contributed by atoms with E-state index in [1.165, 1.54) is 36.0 Å². The van der Waals surface area contributed by atoms with Crippen LogP contribution in [0, 0.1) is 0 Å². The summed E-state index contributed by atoms with van der Waals surface area (Å²) >= 11 is 0. The molecule has 98 valence electrons. The van der Waals surface area contributed by atoms with Gasteiger partial charge in [0.05, 0.1) is 6.61 Å². The van der Waals surface area contributed by atoms with Crippen LogP contribution < -0.4 is 0 Å². The van der Waals surface area contributed by atoms with E-state index < -0.39 is 0 Å². The molecule has 0 aliphatic heterocycles. The van der Waals surface area contributed by atoms with Gasteiger partial charge in [-0.15, -0.1) is 0 Å². The molecule has 0 unspecified atom stereocenters. The second-order valence-corrected chi connectivity index (χ2v) is 5.61. The first-order valence-electron chi connectivity index (χ1n) is 7.02.